The molecule has 0 saturated carbocycles. The fraction of sp³-hybridized carbons (Fsp3) is 0.500. The smallest absolute Gasteiger partial charge is 0.255 e. The lowest BCUT2D eigenvalue weighted by Gasteiger charge is -2.32. The molecule has 0 aliphatic carbocycles. The average molecular weight is 479 g/mol. The first-order valence-electron chi connectivity index (χ1n) is 10.8. The topological polar surface area (TPSA) is 214 Å². The lowest BCUT2D eigenvalue weighted by atomic mass is 9.99. The van der Waals surface area contributed by atoms with Crippen molar-refractivity contribution in [2.75, 3.05) is 13.2 Å². The number of carbonyl (C=O) groups is 4. The van der Waals surface area contributed by atoms with Gasteiger partial charge in [-0.15, -0.1) is 0 Å². The van der Waals surface area contributed by atoms with Crippen molar-refractivity contribution >= 4 is 30.0 Å². The largest absolute Gasteiger partial charge is 0.508 e. The molecule has 0 unspecified atom stereocenters. The van der Waals surface area contributed by atoms with Crippen LogP contribution < -0.4 is 22.5 Å². The number of nitrogens with two attached hydrogens (primary N) is 3. The molecule has 1 aromatic rings. The van der Waals surface area contributed by atoms with Crippen LogP contribution in [-0.2, 0) is 25.6 Å². The molecule has 0 saturated heterocycles. The van der Waals surface area contributed by atoms with Crippen LogP contribution in [0.5, 0.6) is 5.75 Å². The zero-order valence-electron chi connectivity index (χ0n) is 19.4. The summed E-state index contributed by atoms with van der Waals surface area (Å²) in [5.41, 5.74) is 17.0. The maximum atomic E-state index is 13.3. The Morgan fingerprint density at radius 3 is 2.29 bits per heavy atom. The highest BCUT2D eigenvalue weighted by Gasteiger charge is 2.36. The molecule has 0 heterocycles. The molecular formula is C22H34N6O6. The monoisotopic (exact) mass is 478 g/mol. The second-order valence-corrected chi connectivity index (χ2v) is 8.12. The lowest BCUT2D eigenvalue weighted by Crippen LogP contribution is -2.59. The Bertz CT molecular complexity index is 869. The second-order valence-electron chi connectivity index (χ2n) is 8.12. The summed E-state index contributed by atoms with van der Waals surface area (Å²) in [4.78, 5) is 54.7. The Kier molecular flexibility index (Phi) is 11.7. The number of hydrogen-bond acceptors (Lipinski definition) is 8. The standard InChI is InChI=1S/C22H34N6O6/c1-13(2)19(27-20(33)17(23)4-3-9-26-22(24)25)21(34)28(18(32)12-30)15(11-29)10-14-5-7-16(31)8-6-14/h5-8,11,13,15,17,19,30-31H,3-4,9-10,12,23H2,1-2H3,(H,27,33)(H4,24,25,26)/t15-,17-,19-/m0/s1. The van der Waals surface area contributed by atoms with Crippen molar-refractivity contribution in [3.05, 3.63) is 29.8 Å². The van der Waals surface area contributed by atoms with Gasteiger partial charge in [-0.25, -0.2) is 0 Å². The van der Waals surface area contributed by atoms with E-state index in [-0.39, 0.29) is 31.1 Å². The van der Waals surface area contributed by atoms with E-state index in [1.165, 1.54) is 12.1 Å². The van der Waals surface area contributed by atoms with Crippen LogP contribution in [0.2, 0.25) is 0 Å². The molecule has 1 rings (SSSR count). The number of phenolic OH excluding ortho intramolecular Hbond substituents is 1. The van der Waals surface area contributed by atoms with Gasteiger partial charge in [0.15, 0.2) is 5.96 Å². The van der Waals surface area contributed by atoms with Crippen molar-refractivity contribution in [3.8, 4) is 5.75 Å². The van der Waals surface area contributed by atoms with Crippen LogP contribution in [0.1, 0.15) is 32.3 Å². The van der Waals surface area contributed by atoms with Crippen LogP contribution in [0.4, 0.5) is 0 Å². The zero-order chi connectivity index (χ0) is 25.8. The fourth-order valence-corrected chi connectivity index (χ4v) is 3.20. The Balaban J connectivity index is 3.03. The highest BCUT2D eigenvalue weighted by Crippen LogP contribution is 2.16. The zero-order valence-corrected chi connectivity index (χ0v) is 19.4. The fourth-order valence-electron chi connectivity index (χ4n) is 3.20. The second kappa shape index (κ2) is 13.9. The summed E-state index contributed by atoms with van der Waals surface area (Å²) in [6, 6.07) is 2.54. The van der Waals surface area contributed by atoms with Crippen LogP contribution in [0.15, 0.2) is 29.3 Å². The Morgan fingerprint density at radius 1 is 1.18 bits per heavy atom. The van der Waals surface area contributed by atoms with Gasteiger partial charge in [-0.05, 0) is 36.5 Å². The minimum Gasteiger partial charge on any atom is -0.508 e. The molecule has 34 heavy (non-hydrogen) atoms. The average Bonchev–Trinajstić information content (AvgIpc) is 2.79. The maximum Gasteiger partial charge on any atom is 0.255 e. The quantitative estimate of drug-likeness (QED) is 0.0829. The van der Waals surface area contributed by atoms with Crippen molar-refractivity contribution < 1.29 is 29.4 Å². The number of aromatic hydroxyl groups is 1. The molecule has 0 fully saturated rings. The number of benzene rings is 1. The van der Waals surface area contributed by atoms with Crippen molar-refractivity contribution in [1.29, 1.82) is 0 Å². The molecule has 188 valence electrons. The predicted molar refractivity (Wildman–Crippen MR) is 125 cm³/mol. The van der Waals surface area contributed by atoms with Gasteiger partial charge in [0.2, 0.25) is 5.91 Å². The van der Waals surface area contributed by atoms with Gasteiger partial charge in [0.1, 0.15) is 24.7 Å². The number of hydrogen-bond donors (Lipinski definition) is 6. The van der Waals surface area contributed by atoms with Gasteiger partial charge in [-0.1, -0.05) is 26.0 Å². The van der Waals surface area contributed by atoms with Crippen molar-refractivity contribution in [3.63, 3.8) is 0 Å². The summed E-state index contributed by atoms with van der Waals surface area (Å²) < 4.78 is 0. The minimum atomic E-state index is -1.23. The number of aliphatic hydroxyl groups is 1. The summed E-state index contributed by atoms with van der Waals surface area (Å²) in [6.07, 6.45) is 1.07. The van der Waals surface area contributed by atoms with Gasteiger partial charge in [0, 0.05) is 13.0 Å². The van der Waals surface area contributed by atoms with E-state index in [4.69, 9.17) is 17.2 Å². The van der Waals surface area contributed by atoms with Crippen molar-refractivity contribution in [2.45, 2.75) is 51.2 Å². The molecule has 0 aromatic heterocycles. The summed E-state index contributed by atoms with van der Waals surface area (Å²) in [6.45, 7) is 2.59. The lowest BCUT2D eigenvalue weighted by molar-refractivity contribution is -0.154. The van der Waals surface area contributed by atoms with E-state index in [1.807, 2.05) is 0 Å². The Hall–Kier alpha value is -3.51. The number of amides is 3. The molecule has 0 aliphatic rings. The highest BCUT2D eigenvalue weighted by atomic mass is 16.3. The first-order valence-corrected chi connectivity index (χ1v) is 10.8. The van der Waals surface area contributed by atoms with E-state index in [9.17, 15) is 29.4 Å². The van der Waals surface area contributed by atoms with E-state index in [0.717, 1.165) is 0 Å². The van der Waals surface area contributed by atoms with Crippen LogP contribution in [-0.4, -0.2) is 76.4 Å². The van der Waals surface area contributed by atoms with E-state index >= 15 is 0 Å². The number of nitrogens with one attached hydrogen (secondary N) is 1. The molecule has 12 heteroatoms. The third-order valence-electron chi connectivity index (χ3n) is 5.05. The number of aliphatic imine (C=N–C) groups is 1. The van der Waals surface area contributed by atoms with Crippen molar-refractivity contribution in [1.82, 2.24) is 10.2 Å². The number of aldehydes is 1. The molecule has 12 nitrogen and oxygen atoms in total. The van der Waals surface area contributed by atoms with Gasteiger partial charge >= 0.3 is 0 Å². The number of nitrogens with zero attached hydrogens (tertiary/aromatic N) is 2. The van der Waals surface area contributed by atoms with E-state index in [2.05, 4.69) is 10.3 Å². The van der Waals surface area contributed by atoms with Gasteiger partial charge in [0.25, 0.3) is 11.8 Å². The number of aliphatic hydroxyl groups excluding tert-OH is 1. The summed E-state index contributed by atoms with van der Waals surface area (Å²) in [5, 5.41) is 21.4. The van der Waals surface area contributed by atoms with Gasteiger partial charge < -0.3 is 37.5 Å². The van der Waals surface area contributed by atoms with E-state index in [1.54, 1.807) is 26.0 Å². The summed E-state index contributed by atoms with van der Waals surface area (Å²) >= 11 is 0. The minimum absolute atomic E-state index is 0.0167. The van der Waals surface area contributed by atoms with Crippen LogP contribution in [0.3, 0.4) is 0 Å². The third-order valence-corrected chi connectivity index (χ3v) is 5.05. The van der Waals surface area contributed by atoms with Crippen LogP contribution in [0, 0.1) is 5.92 Å². The first kappa shape index (κ1) is 28.5. The number of rotatable bonds is 13. The number of guanidine groups is 1. The third kappa shape index (κ3) is 8.79. The van der Waals surface area contributed by atoms with Crippen LogP contribution >= 0.6 is 0 Å². The van der Waals surface area contributed by atoms with Gasteiger partial charge in [0.05, 0.1) is 12.1 Å². The number of carbonyl (C=O) groups excluding carboxylic acids is 4. The van der Waals surface area contributed by atoms with Crippen LogP contribution in [0.25, 0.3) is 0 Å². The number of phenols is 1. The van der Waals surface area contributed by atoms with Crippen molar-refractivity contribution in [2.24, 2.45) is 28.1 Å². The Morgan fingerprint density at radius 2 is 1.79 bits per heavy atom. The molecule has 1 aromatic carbocycles. The summed E-state index contributed by atoms with van der Waals surface area (Å²) in [7, 11) is 0. The van der Waals surface area contributed by atoms with E-state index < -0.39 is 48.4 Å². The molecule has 9 N–H and O–H groups in total. The number of imide groups is 1. The molecule has 0 bridgehead atoms. The first-order chi connectivity index (χ1) is 16.0. The highest BCUT2D eigenvalue weighted by molar-refractivity contribution is 6.02. The molecule has 0 radical (unpaired) electrons. The SMILES string of the molecule is CC(C)[C@H](NC(=O)[C@@H](N)CCCN=C(N)N)C(=O)N(C(=O)CO)[C@H](C=O)Cc1ccc(O)cc1. The molecule has 3 atom stereocenters. The normalized spacial score (nSPS) is 13.4. The molecule has 0 aliphatic heterocycles. The molecule has 3 amide bonds. The molecule has 0 spiro atoms. The Labute approximate surface area is 198 Å². The predicted octanol–water partition coefficient (Wildman–Crippen LogP) is -1.63. The van der Waals surface area contributed by atoms with Gasteiger partial charge in [-0.2, -0.15) is 0 Å². The maximum absolute atomic E-state index is 13.3. The molecular weight excluding hydrogens is 444 g/mol. The summed E-state index contributed by atoms with van der Waals surface area (Å²) in [5.74, 6) is -2.96. The van der Waals surface area contributed by atoms with E-state index in [0.29, 0.717) is 23.2 Å². The van der Waals surface area contributed by atoms with Gasteiger partial charge in [-0.3, -0.25) is 24.3 Å².